The maximum Gasteiger partial charge on any atom is 0.217 e. The molecule has 1 rings (SSSR count). The summed E-state index contributed by atoms with van der Waals surface area (Å²) in [6.45, 7) is 4.16. The number of rotatable bonds is 6. The lowest BCUT2D eigenvalue weighted by Crippen LogP contribution is -2.26. The van der Waals surface area contributed by atoms with Gasteiger partial charge >= 0.3 is 0 Å². The number of benzene rings is 1. The van der Waals surface area contributed by atoms with Gasteiger partial charge in [0.25, 0.3) is 0 Å². The highest BCUT2D eigenvalue weighted by Gasteiger charge is 2.13. The fourth-order valence-electron chi connectivity index (χ4n) is 2.01. The zero-order chi connectivity index (χ0) is 13.5. The minimum atomic E-state index is -0.0227. The van der Waals surface area contributed by atoms with E-state index < -0.39 is 0 Å². The van der Waals surface area contributed by atoms with Crippen LogP contribution >= 0.6 is 0 Å². The van der Waals surface area contributed by atoms with Gasteiger partial charge in [-0.2, -0.15) is 0 Å². The number of nitrogens with one attached hydrogen (secondary N) is 1. The monoisotopic (exact) mass is 250 g/mol. The summed E-state index contributed by atoms with van der Waals surface area (Å²) in [5.74, 6) is 0.838. The number of carbonyl (C=O) groups is 1. The van der Waals surface area contributed by atoms with Crippen LogP contribution in [0.25, 0.3) is 0 Å². The van der Waals surface area contributed by atoms with E-state index in [0.717, 1.165) is 29.7 Å². The average Bonchev–Trinajstić information content (AvgIpc) is 2.34. The molecule has 0 fully saturated rings. The Hall–Kier alpha value is -1.55. The van der Waals surface area contributed by atoms with Crippen molar-refractivity contribution in [3.05, 3.63) is 29.3 Å². The standard InChI is InChI=1S/C14H22N2O2/c1-10-9-12(6-7-14(10)18-3)13(5-4-8-15)16-11(2)17/h6-7,9,13H,4-5,8,15H2,1-3H3,(H,16,17)/t13-/m1/s1. The first-order valence-corrected chi connectivity index (χ1v) is 6.20. The second-order valence-corrected chi connectivity index (χ2v) is 4.41. The molecule has 0 aliphatic rings. The van der Waals surface area contributed by atoms with Gasteiger partial charge in [-0.3, -0.25) is 4.79 Å². The van der Waals surface area contributed by atoms with E-state index in [9.17, 15) is 4.79 Å². The number of amides is 1. The van der Waals surface area contributed by atoms with Crippen LogP contribution in [0, 0.1) is 6.92 Å². The molecule has 0 radical (unpaired) electrons. The van der Waals surface area contributed by atoms with Gasteiger partial charge in [-0.05, 0) is 43.5 Å². The SMILES string of the molecule is COc1ccc([C@@H](CCCN)NC(C)=O)cc1C. The minimum Gasteiger partial charge on any atom is -0.496 e. The molecule has 0 aromatic heterocycles. The average molecular weight is 250 g/mol. The quantitative estimate of drug-likeness (QED) is 0.810. The molecule has 1 amide bonds. The Labute approximate surface area is 109 Å². The smallest absolute Gasteiger partial charge is 0.217 e. The molecule has 4 heteroatoms. The van der Waals surface area contributed by atoms with E-state index in [1.807, 2.05) is 19.1 Å². The molecule has 0 heterocycles. The van der Waals surface area contributed by atoms with Crippen molar-refractivity contribution < 1.29 is 9.53 Å². The van der Waals surface area contributed by atoms with Crippen LogP contribution in [-0.4, -0.2) is 19.6 Å². The van der Waals surface area contributed by atoms with Crippen molar-refractivity contribution in [2.75, 3.05) is 13.7 Å². The third-order valence-electron chi connectivity index (χ3n) is 2.90. The van der Waals surface area contributed by atoms with E-state index in [0.29, 0.717) is 6.54 Å². The molecule has 1 atom stereocenters. The van der Waals surface area contributed by atoms with E-state index in [2.05, 4.69) is 11.4 Å². The van der Waals surface area contributed by atoms with Gasteiger partial charge in [0.05, 0.1) is 13.2 Å². The normalized spacial score (nSPS) is 12.0. The fraction of sp³-hybridized carbons (Fsp3) is 0.500. The van der Waals surface area contributed by atoms with Gasteiger partial charge in [0.2, 0.25) is 5.91 Å². The van der Waals surface area contributed by atoms with Crippen molar-refractivity contribution in [1.82, 2.24) is 5.32 Å². The Morgan fingerprint density at radius 3 is 2.72 bits per heavy atom. The Bertz CT molecular complexity index is 405. The summed E-state index contributed by atoms with van der Waals surface area (Å²) in [6.07, 6.45) is 1.73. The molecule has 0 spiro atoms. The third-order valence-corrected chi connectivity index (χ3v) is 2.90. The summed E-state index contributed by atoms with van der Waals surface area (Å²) in [6, 6.07) is 6.00. The molecular weight excluding hydrogens is 228 g/mol. The summed E-state index contributed by atoms with van der Waals surface area (Å²) in [5, 5.41) is 2.96. The van der Waals surface area contributed by atoms with Crippen LogP contribution < -0.4 is 15.8 Å². The van der Waals surface area contributed by atoms with Crippen molar-refractivity contribution in [3.63, 3.8) is 0 Å². The Balaban J connectivity index is 2.89. The van der Waals surface area contributed by atoms with Crippen molar-refractivity contribution in [2.24, 2.45) is 5.73 Å². The van der Waals surface area contributed by atoms with E-state index in [1.54, 1.807) is 7.11 Å². The third kappa shape index (κ3) is 4.04. The van der Waals surface area contributed by atoms with Crippen LogP contribution in [0.2, 0.25) is 0 Å². The van der Waals surface area contributed by atoms with Crippen molar-refractivity contribution in [1.29, 1.82) is 0 Å². The zero-order valence-corrected chi connectivity index (χ0v) is 11.3. The number of carbonyl (C=O) groups excluding carboxylic acids is 1. The molecule has 1 aromatic rings. The highest BCUT2D eigenvalue weighted by atomic mass is 16.5. The van der Waals surface area contributed by atoms with Gasteiger partial charge in [-0.1, -0.05) is 12.1 Å². The molecule has 100 valence electrons. The summed E-state index contributed by atoms with van der Waals surface area (Å²) in [5.41, 5.74) is 7.69. The van der Waals surface area contributed by atoms with Crippen LogP contribution in [0.5, 0.6) is 5.75 Å². The van der Waals surface area contributed by atoms with E-state index in [4.69, 9.17) is 10.5 Å². The van der Waals surface area contributed by atoms with Gasteiger partial charge in [0.15, 0.2) is 0 Å². The lowest BCUT2D eigenvalue weighted by atomic mass is 9.99. The topological polar surface area (TPSA) is 64.3 Å². The van der Waals surface area contributed by atoms with Crippen LogP contribution in [0.4, 0.5) is 0 Å². The summed E-state index contributed by atoms with van der Waals surface area (Å²) >= 11 is 0. The molecule has 4 nitrogen and oxygen atoms in total. The second-order valence-electron chi connectivity index (χ2n) is 4.41. The van der Waals surface area contributed by atoms with Gasteiger partial charge in [0, 0.05) is 6.92 Å². The first-order chi connectivity index (χ1) is 8.58. The van der Waals surface area contributed by atoms with E-state index in [-0.39, 0.29) is 11.9 Å². The molecule has 18 heavy (non-hydrogen) atoms. The molecular formula is C14H22N2O2. The molecule has 0 bridgehead atoms. The van der Waals surface area contributed by atoms with Gasteiger partial charge in [-0.15, -0.1) is 0 Å². The van der Waals surface area contributed by atoms with Crippen LogP contribution in [0.1, 0.15) is 36.9 Å². The fourth-order valence-corrected chi connectivity index (χ4v) is 2.01. The maximum atomic E-state index is 11.2. The molecule has 1 aromatic carbocycles. The number of ether oxygens (including phenoxy) is 1. The Kier molecular flexibility index (Phi) is 5.65. The first kappa shape index (κ1) is 14.5. The Morgan fingerprint density at radius 1 is 1.50 bits per heavy atom. The minimum absolute atomic E-state index is 0.0227. The summed E-state index contributed by atoms with van der Waals surface area (Å²) < 4.78 is 5.23. The largest absolute Gasteiger partial charge is 0.496 e. The van der Waals surface area contributed by atoms with Crippen molar-refractivity contribution >= 4 is 5.91 Å². The molecule has 3 N–H and O–H groups in total. The number of methoxy groups -OCH3 is 1. The predicted molar refractivity (Wildman–Crippen MR) is 72.6 cm³/mol. The van der Waals surface area contributed by atoms with Gasteiger partial charge < -0.3 is 15.8 Å². The number of aryl methyl sites for hydroxylation is 1. The lowest BCUT2D eigenvalue weighted by Gasteiger charge is -2.19. The van der Waals surface area contributed by atoms with Gasteiger partial charge in [0.1, 0.15) is 5.75 Å². The maximum absolute atomic E-state index is 11.2. The number of hydrogen-bond donors (Lipinski definition) is 2. The van der Waals surface area contributed by atoms with Crippen LogP contribution in [0.15, 0.2) is 18.2 Å². The zero-order valence-electron chi connectivity index (χ0n) is 11.3. The molecule has 0 unspecified atom stereocenters. The van der Waals surface area contributed by atoms with Gasteiger partial charge in [-0.25, -0.2) is 0 Å². The summed E-state index contributed by atoms with van der Waals surface area (Å²) in [7, 11) is 1.65. The number of nitrogens with two attached hydrogens (primary N) is 1. The first-order valence-electron chi connectivity index (χ1n) is 6.20. The highest BCUT2D eigenvalue weighted by Crippen LogP contribution is 2.24. The molecule has 0 saturated heterocycles. The molecule has 0 aliphatic heterocycles. The van der Waals surface area contributed by atoms with Crippen molar-refractivity contribution in [3.8, 4) is 5.75 Å². The predicted octanol–water partition coefficient (Wildman–Crippen LogP) is 1.92. The number of hydrogen-bond acceptors (Lipinski definition) is 3. The van der Waals surface area contributed by atoms with E-state index >= 15 is 0 Å². The highest BCUT2D eigenvalue weighted by molar-refractivity contribution is 5.73. The van der Waals surface area contributed by atoms with Crippen LogP contribution in [0.3, 0.4) is 0 Å². The molecule has 0 aliphatic carbocycles. The summed E-state index contributed by atoms with van der Waals surface area (Å²) in [4.78, 5) is 11.2. The van der Waals surface area contributed by atoms with Crippen molar-refractivity contribution in [2.45, 2.75) is 32.7 Å². The van der Waals surface area contributed by atoms with E-state index in [1.165, 1.54) is 6.92 Å². The van der Waals surface area contributed by atoms with Crippen LogP contribution in [-0.2, 0) is 4.79 Å². The Morgan fingerprint density at radius 2 is 2.22 bits per heavy atom. The lowest BCUT2D eigenvalue weighted by molar-refractivity contribution is -0.119. The molecule has 0 saturated carbocycles. The second kappa shape index (κ2) is 7.01.